The molecule has 0 spiro atoms. The van der Waals surface area contributed by atoms with Gasteiger partial charge >= 0.3 is 6.09 Å². The molecule has 4 nitrogen and oxygen atoms in total. The maximum Gasteiger partial charge on any atom is 0.407 e. The normalized spacial score (nSPS) is 21.2. The Morgan fingerprint density at radius 3 is 2.35 bits per heavy atom. The highest BCUT2D eigenvalue weighted by Crippen LogP contribution is 2.20. The molecule has 1 aromatic carbocycles. The van der Waals surface area contributed by atoms with Crippen LogP contribution >= 0.6 is 0 Å². The highest BCUT2D eigenvalue weighted by Gasteiger charge is 2.27. The highest BCUT2D eigenvalue weighted by atomic mass is 16.6. The van der Waals surface area contributed by atoms with Crippen LogP contribution < -0.4 is 10.6 Å². The maximum absolute atomic E-state index is 11.8. The van der Waals surface area contributed by atoms with Gasteiger partial charge in [-0.05, 0) is 57.6 Å². The lowest BCUT2D eigenvalue weighted by molar-refractivity contribution is 0.0505. The molecule has 1 saturated carbocycles. The van der Waals surface area contributed by atoms with E-state index in [1.165, 1.54) is 11.1 Å². The number of benzene rings is 1. The van der Waals surface area contributed by atoms with Crippen LogP contribution in [0.5, 0.6) is 0 Å². The third-order valence-electron chi connectivity index (χ3n) is 4.18. The van der Waals surface area contributed by atoms with Gasteiger partial charge in [-0.2, -0.15) is 0 Å². The number of hydrogen-bond donors (Lipinski definition) is 2. The molecule has 2 atom stereocenters. The lowest BCUT2D eigenvalue weighted by Crippen LogP contribution is -2.38. The smallest absolute Gasteiger partial charge is 0.407 e. The van der Waals surface area contributed by atoms with Crippen LogP contribution in [0.3, 0.4) is 0 Å². The molecule has 23 heavy (non-hydrogen) atoms. The summed E-state index contributed by atoms with van der Waals surface area (Å²) in [7, 11) is 0. The molecule has 0 saturated heterocycles. The van der Waals surface area contributed by atoms with Crippen LogP contribution in [0.2, 0.25) is 0 Å². The van der Waals surface area contributed by atoms with Crippen molar-refractivity contribution < 1.29 is 9.53 Å². The van der Waals surface area contributed by atoms with Crippen molar-refractivity contribution in [2.24, 2.45) is 0 Å². The summed E-state index contributed by atoms with van der Waals surface area (Å²) in [5.74, 6) is 0. The van der Waals surface area contributed by atoms with Crippen LogP contribution in [-0.2, 0) is 17.7 Å². The average molecular weight is 318 g/mol. The van der Waals surface area contributed by atoms with Crippen molar-refractivity contribution in [1.29, 1.82) is 0 Å². The number of nitrogens with one attached hydrogen (secondary N) is 2. The van der Waals surface area contributed by atoms with Crippen molar-refractivity contribution in [2.75, 3.05) is 0 Å². The second kappa shape index (κ2) is 7.82. The van der Waals surface area contributed by atoms with E-state index >= 15 is 0 Å². The molecule has 0 heterocycles. The number of carbonyl (C=O) groups excluding carboxylic acids is 1. The predicted octanol–water partition coefficient (Wildman–Crippen LogP) is 3.78. The largest absolute Gasteiger partial charge is 0.444 e. The summed E-state index contributed by atoms with van der Waals surface area (Å²) in [6.45, 7) is 8.71. The Labute approximate surface area is 140 Å². The zero-order valence-electron chi connectivity index (χ0n) is 14.8. The summed E-state index contributed by atoms with van der Waals surface area (Å²) < 4.78 is 5.32. The summed E-state index contributed by atoms with van der Waals surface area (Å²) in [6.07, 6.45) is 3.83. The Morgan fingerprint density at radius 1 is 1.13 bits per heavy atom. The molecule has 1 fully saturated rings. The van der Waals surface area contributed by atoms with Crippen molar-refractivity contribution in [2.45, 2.75) is 77.6 Å². The van der Waals surface area contributed by atoms with Crippen molar-refractivity contribution in [1.82, 2.24) is 10.6 Å². The SMILES string of the molecule is CCc1ccc(CNC2CCC(NC(=O)OC(C)(C)C)C2)cc1. The highest BCUT2D eigenvalue weighted by molar-refractivity contribution is 5.68. The lowest BCUT2D eigenvalue weighted by Gasteiger charge is -2.21. The second-order valence-corrected chi connectivity index (χ2v) is 7.40. The summed E-state index contributed by atoms with van der Waals surface area (Å²) in [5, 5.41) is 6.57. The molecule has 1 aromatic rings. The van der Waals surface area contributed by atoms with Crippen LogP contribution in [0, 0.1) is 0 Å². The van der Waals surface area contributed by atoms with Crippen molar-refractivity contribution in [3.05, 3.63) is 35.4 Å². The Morgan fingerprint density at radius 2 is 1.74 bits per heavy atom. The fourth-order valence-corrected chi connectivity index (χ4v) is 2.93. The van der Waals surface area contributed by atoms with Crippen LogP contribution in [0.1, 0.15) is 58.1 Å². The van der Waals surface area contributed by atoms with Gasteiger partial charge in [0, 0.05) is 18.6 Å². The summed E-state index contributed by atoms with van der Waals surface area (Å²) in [4.78, 5) is 11.8. The number of hydrogen-bond acceptors (Lipinski definition) is 3. The number of carbonyl (C=O) groups is 1. The Kier molecular flexibility index (Phi) is 6.05. The molecule has 0 bridgehead atoms. The van der Waals surface area contributed by atoms with Gasteiger partial charge in [-0.3, -0.25) is 0 Å². The standard InChI is InChI=1S/C19H30N2O2/c1-5-14-6-8-15(9-7-14)13-20-16-10-11-17(12-16)21-18(22)23-19(2,3)4/h6-9,16-17,20H,5,10-13H2,1-4H3,(H,21,22). The number of alkyl carbamates (subject to hydrolysis) is 1. The number of amides is 1. The van der Waals surface area contributed by atoms with Gasteiger partial charge in [-0.25, -0.2) is 4.79 Å². The van der Waals surface area contributed by atoms with Crippen LogP contribution in [0.4, 0.5) is 4.79 Å². The minimum atomic E-state index is -0.439. The fraction of sp³-hybridized carbons (Fsp3) is 0.632. The van der Waals surface area contributed by atoms with E-state index < -0.39 is 5.60 Å². The Bertz CT molecular complexity index is 505. The van der Waals surface area contributed by atoms with E-state index in [2.05, 4.69) is 41.8 Å². The van der Waals surface area contributed by atoms with E-state index in [0.717, 1.165) is 32.2 Å². The van der Waals surface area contributed by atoms with E-state index in [1.807, 2.05) is 20.8 Å². The van der Waals surface area contributed by atoms with E-state index in [4.69, 9.17) is 4.74 Å². The molecule has 4 heteroatoms. The molecule has 1 aliphatic carbocycles. The van der Waals surface area contributed by atoms with Gasteiger partial charge in [0.2, 0.25) is 0 Å². The lowest BCUT2D eigenvalue weighted by atomic mass is 10.1. The molecule has 1 amide bonds. The first-order valence-corrected chi connectivity index (χ1v) is 8.66. The molecular weight excluding hydrogens is 288 g/mol. The first-order valence-electron chi connectivity index (χ1n) is 8.66. The van der Waals surface area contributed by atoms with Crippen molar-refractivity contribution in [3.63, 3.8) is 0 Å². The second-order valence-electron chi connectivity index (χ2n) is 7.40. The monoisotopic (exact) mass is 318 g/mol. The van der Waals surface area contributed by atoms with Gasteiger partial charge in [-0.1, -0.05) is 31.2 Å². The third kappa shape index (κ3) is 6.22. The van der Waals surface area contributed by atoms with E-state index in [0.29, 0.717) is 6.04 Å². The third-order valence-corrected chi connectivity index (χ3v) is 4.18. The zero-order valence-corrected chi connectivity index (χ0v) is 14.8. The summed E-state index contributed by atoms with van der Waals surface area (Å²) in [6, 6.07) is 9.44. The Balaban J connectivity index is 1.71. The Hall–Kier alpha value is -1.55. The molecule has 2 N–H and O–H groups in total. The summed E-state index contributed by atoms with van der Waals surface area (Å²) >= 11 is 0. The predicted molar refractivity (Wildman–Crippen MR) is 93.5 cm³/mol. The molecule has 0 aromatic heterocycles. The van der Waals surface area contributed by atoms with E-state index in [1.54, 1.807) is 0 Å². The van der Waals surface area contributed by atoms with Crippen molar-refractivity contribution >= 4 is 6.09 Å². The summed E-state index contributed by atoms with van der Waals surface area (Å²) in [5.41, 5.74) is 2.24. The van der Waals surface area contributed by atoms with E-state index in [9.17, 15) is 4.79 Å². The quantitative estimate of drug-likeness (QED) is 0.868. The van der Waals surface area contributed by atoms with Crippen LogP contribution in [0.25, 0.3) is 0 Å². The maximum atomic E-state index is 11.8. The molecule has 0 radical (unpaired) electrons. The number of aryl methyl sites for hydroxylation is 1. The van der Waals surface area contributed by atoms with Crippen LogP contribution in [0.15, 0.2) is 24.3 Å². The topological polar surface area (TPSA) is 50.4 Å². The van der Waals surface area contributed by atoms with Gasteiger partial charge in [0.05, 0.1) is 0 Å². The minimum Gasteiger partial charge on any atom is -0.444 e. The first-order chi connectivity index (χ1) is 10.9. The first kappa shape index (κ1) is 17.8. The minimum absolute atomic E-state index is 0.213. The number of ether oxygens (including phenoxy) is 1. The molecular formula is C19H30N2O2. The van der Waals surface area contributed by atoms with Crippen molar-refractivity contribution in [3.8, 4) is 0 Å². The molecule has 128 valence electrons. The average Bonchev–Trinajstić information content (AvgIpc) is 2.91. The zero-order chi connectivity index (χ0) is 16.9. The van der Waals surface area contributed by atoms with E-state index in [-0.39, 0.29) is 12.1 Å². The van der Waals surface area contributed by atoms with Gasteiger partial charge in [0.25, 0.3) is 0 Å². The molecule has 2 unspecified atom stereocenters. The van der Waals surface area contributed by atoms with Crippen LogP contribution in [-0.4, -0.2) is 23.8 Å². The van der Waals surface area contributed by atoms with Gasteiger partial charge in [0.15, 0.2) is 0 Å². The molecule has 2 rings (SSSR count). The fourth-order valence-electron chi connectivity index (χ4n) is 2.93. The molecule has 0 aliphatic heterocycles. The van der Waals surface area contributed by atoms with Gasteiger partial charge < -0.3 is 15.4 Å². The molecule has 1 aliphatic rings. The number of rotatable bonds is 5. The van der Waals surface area contributed by atoms with Gasteiger partial charge in [-0.15, -0.1) is 0 Å². The van der Waals surface area contributed by atoms with Gasteiger partial charge in [0.1, 0.15) is 5.60 Å².